The number of pyridine rings is 1. The summed E-state index contributed by atoms with van der Waals surface area (Å²) in [5.74, 6) is -2.56. The smallest absolute Gasteiger partial charge is 0.550 e. The van der Waals surface area contributed by atoms with Crippen LogP contribution in [0.25, 0.3) is 11.3 Å². The van der Waals surface area contributed by atoms with Gasteiger partial charge in [0.15, 0.2) is 11.6 Å². The van der Waals surface area contributed by atoms with Gasteiger partial charge in [0.05, 0.1) is 5.69 Å². The number of aliphatic hydroxyl groups excluding tert-OH is 1. The van der Waals surface area contributed by atoms with Crippen LogP contribution in [-0.4, -0.2) is 59.7 Å². The summed E-state index contributed by atoms with van der Waals surface area (Å²) in [5.41, 5.74) is 3.54. The van der Waals surface area contributed by atoms with Crippen LogP contribution in [0, 0.1) is 24.5 Å². The van der Waals surface area contributed by atoms with Gasteiger partial charge in [0, 0.05) is 49.7 Å². The van der Waals surface area contributed by atoms with Crippen LogP contribution in [0.3, 0.4) is 0 Å². The van der Waals surface area contributed by atoms with Gasteiger partial charge in [-0.3, -0.25) is 4.79 Å². The molecule has 5 rings (SSSR count). The minimum atomic E-state index is -1.05. The average Bonchev–Trinajstić information content (AvgIpc) is 3.00. The molecule has 2 aliphatic rings. The van der Waals surface area contributed by atoms with E-state index in [2.05, 4.69) is 11.1 Å². The van der Waals surface area contributed by atoms with Crippen LogP contribution >= 0.6 is 0 Å². The Morgan fingerprint density at radius 1 is 1.02 bits per heavy atom. The van der Waals surface area contributed by atoms with E-state index < -0.39 is 30.1 Å². The van der Waals surface area contributed by atoms with Gasteiger partial charge in [-0.15, -0.1) is 0 Å². The van der Waals surface area contributed by atoms with E-state index in [1.54, 1.807) is 23.1 Å². The molecule has 2 aliphatic heterocycles. The van der Waals surface area contributed by atoms with E-state index >= 15 is 4.39 Å². The number of likely N-dealkylation sites (tertiary alicyclic amines) is 1. The van der Waals surface area contributed by atoms with Gasteiger partial charge in [-0.1, -0.05) is 24.3 Å². The zero-order chi connectivity index (χ0) is 29.8. The summed E-state index contributed by atoms with van der Waals surface area (Å²) in [6.45, 7) is 3.75. The zero-order valence-electron chi connectivity index (χ0n) is 24.5. The van der Waals surface area contributed by atoms with E-state index in [-0.39, 0.29) is 53.4 Å². The largest absolute Gasteiger partial charge is 1.00 e. The molecule has 222 valence electrons. The van der Waals surface area contributed by atoms with Crippen molar-refractivity contribution in [3.8, 4) is 17.0 Å². The standard InChI is InChI=1S/C32H35F2N3O5.Na/c1-20-15-23(21-7-13-37(14-8-21)30(39)18-38)5-6-24(20)19-42-31-26(16-25(33)17-27(31)34)28-3-2-4-29(35-28)36-11-9-22(10-12-36)32(40)41;/h2-6,15-17,21-22,38H,7-14,18-19H2,1H3,(H,40,41);/q;+1/p-1. The molecule has 0 saturated carbocycles. The first-order valence-corrected chi connectivity index (χ1v) is 14.3. The van der Waals surface area contributed by atoms with Gasteiger partial charge in [0.1, 0.15) is 24.8 Å². The average molecular weight is 602 g/mol. The summed E-state index contributed by atoms with van der Waals surface area (Å²) in [6, 6.07) is 13.3. The van der Waals surface area contributed by atoms with E-state index in [9.17, 15) is 19.1 Å². The number of anilines is 1. The number of carbonyl (C=O) groups excluding carboxylic acids is 2. The maximum absolute atomic E-state index is 15.1. The van der Waals surface area contributed by atoms with Crippen molar-refractivity contribution in [2.75, 3.05) is 37.7 Å². The minimum absolute atomic E-state index is 0. The second-order valence-corrected chi connectivity index (χ2v) is 11.0. The van der Waals surface area contributed by atoms with E-state index in [4.69, 9.17) is 9.84 Å². The summed E-state index contributed by atoms with van der Waals surface area (Å²) in [7, 11) is 0. The third-order valence-electron chi connectivity index (χ3n) is 8.36. The van der Waals surface area contributed by atoms with Crippen LogP contribution in [0.1, 0.15) is 48.3 Å². The fourth-order valence-electron chi connectivity index (χ4n) is 5.84. The monoisotopic (exact) mass is 601 g/mol. The van der Waals surface area contributed by atoms with Crippen LogP contribution in [-0.2, 0) is 16.2 Å². The van der Waals surface area contributed by atoms with Crippen LogP contribution in [0.4, 0.5) is 14.6 Å². The molecule has 0 radical (unpaired) electrons. The number of hydrogen-bond donors (Lipinski definition) is 1. The molecule has 0 atom stereocenters. The number of piperidine rings is 2. The number of amides is 1. The Bertz CT molecular complexity index is 1460. The Morgan fingerprint density at radius 2 is 1.74 bits per heavy atom. The van der Waals surface area contributed by atoms with Gasteiger partial charge in [-0.2, -0.15) is 0 Å². The number of carboxylic acids is 1. The Morgan fingerprint density at radius 3 is 2.40 bits per heavy atom. The molecule has 1 amide bonds. The van der Waals surface area contributed by atoms with Crippen molar-refractivity contribution in [2.45, 2.75) is 45.1 Å². The summed E-state index contributed by atoms with van der Waals surface area (Å²) in [4.78, 5) is 31.3. The Balaban J connectivity index is 0.00000423. The quantitative estimate of drug-likeness (QED) is 0.377. The minimum Gasteiger partial charge on any atom is -0.550 e. The van der Waals surface area contributed by atoms with Crippen molar-refractivity contribution in [2.24, 2.45) is 5.92 Å². The summed E-state index contributed by atoms with van der Waals surface area (Å²) in [6.07, 6.45) is 2.51. The van der Waals surface area contributed by atoms with Crippen molar-refractivity contribution >= 4 is 17.7 Å². The number of nitrogens with zero attached hydrogens (tertiary/aromatic N) is 3. The SMILES string of the molecule is Cc1cc(C2CCN(C(=O)CO)CC2)ccc1COc1c(F)cc(F)cc1-c1cccc(N2CCC(C(=O)[O-])CC2)n1.[Na+]. The predicted molar refractivity (Wildman–Crippen MR) is 151 cm³/mol. The third kappa shape index (κ3) is 7.73. The number of halogens is 2. The van der Waals surface area contributed by atoms with Gasteiger partial charge in [0.2, 0.25) is 5.91 Å². The van der Waals surface area contributed by atoms with Crippen molar-refractivity contribution in [1.29, 1.82) is 0 Å². The Labute approximate surface area is 272 Å². The molecule has 11 heteroatoms. The third-order valence-corrected chi connectivity index (χ3v) is 8.36. The maximum atomic E-state index is 15.1. The van der Waals surface area contributed by atoms with Crippen molar-refractivity contribution in [1.82, 2.24) is 9.88 Å². The number of rotatable bonds is 8. The molecule has 1 N–H and O–H groups in total. The summed E-state index contributed by atoms with van der Waals surface area (Å²) in [5, 5.41) is 20.3. The fraction of sp³-hybridized carbons (Fsp3) is 0.406. The fourth-order valence-corrected chi connectivity index (χ4v) is 5.84. The number of ether oxygens (including phenoxy) is 1. The molecule has 2 saturated heterocycles. The molecule has 3 heterocycles. The van der Waals surface area contributed by atoms with Gasteiger partial charge in [-0.05, 0) is 73.4 Å². The predicted octanol–water partition coefficient (Wildman–Crippen LogP) is 0.583. The molecule has 0 bridgehead atoms. The molecule has 0 spiro atoms. The zero-order valence-corrected chi connectivity index (χ0v) is 26.5. The molecule has 8 nitrogen and oxygen atoms in total. The molecule has 2 aromatic carbocycles. The second kappa shape index (κ2) is 14.6. The molecule has 0 aliphatic carbocycles. The number of aromatic nitrogens is 1. The van der Waals surface area contributed by atoms with Gasteiger partial charge in [0.25, 0.3) is 0 Å². The van der Waals surface area contributed by atoms with Gasteiger partial charge >= 0.3 is 29.6 Å². The summed E-state index contributed by atoms with van der Waals surface area (Å²) < 4.78 is 35.4. The number of carboxylic acid groups (broad SMARTS) is 1. The second-order valence-electron chi connectivity index (χ2n) is 11.0. The van der Waals surface area contributed by atoms with E-state index in [1.165, 1.54) is 6.07 Å². The van der Waals surface area contributed by atoms with E-state index in [0.717, 1.165) is 35.6 Å². The number of hydrogen-bond acceptors (Lipinski definition) is 7. The number of benzene rings is 2. The molecule has 43 heavy (non-hydrogen) atoms. The molecule has 1 aromatic heterocycles. The number of aryl methyl sites for hydroxylation is 1. The van der Waals surface area contributed by atoms with Gasteiger partial charge < -0.3 is 29.5 Å². The molecule has 3 aromatic rings. The van der Waals surface area contributed by atoms with Crippen molar-refractivity contribution in [3.63, 3.8) is 0 Å². The van der Waals surface area contributed by atoms with Crippen molar-refractivity contribution < 1.29 is 62.9 Å². The van der Waals surface area contributed by atoms with Crippen LogP contribution < -0.4 is 44.3 Å². The Kier molecular flexibility index (Phi) is 11.2. The Hall–Kier alpha value is -3.05. The van der Waals surface area contributed by atoms with Gasteiger partial charge in [-0.25, -0.2) is 13.8 Å². The number of aliphatic hydroxyl groups is 1. The first-order valence-electron chi connectivity index (χ1n) is 14.3. The van der Waals surface area contributed by atoms with E-state index in [0.29, 0.717) is 56.5 Å². The maximum Gasteiger partial charge on any atom is 1.00 e. The first-order chi connectivity index (χ1) is 20.2. The van der Waals surface area contributed by atoms with Crippen molar-refractivity contribution in [3.05, 3.63) is 76.9 Å². The van der Waals surface area contributed by atoms with Crippen LogP contribution in [0.2, 0.25) is 0 Å². The molecule has 0 unspecified atom stereocenters. The number of aliphatic carboxylic acids is 1. The van der Waals surface area contributed by atoms with Crippen LogP contribution in [0.5, 0.6) is 5.75 Å². The molecule has 2 fully saturated rings. The molecular formula is C32H34F2N3NaO5. The topological polar surface area (TPSA) is 106 Å². The van der Waals surface area contributed by atoms with E-state index in [1.807, 2.05) is 24.0 Å². The van der Waals surface area contributed by atoms with Crippen LogP contribution in [0.15, 0.2) is 48.5 Å². The summed E-state index contributed by atoms with van der Waals surface area (Å²) >= 11 is 0. The first kappa shape index (κ1) is 32.9. The number of carbonyl (C=O) groups is 2. The molecular weight excluding hydrogens is 567 g/mol. The normalized spacial score (nSPS) is 16.1.